The Morgan fingerprint density at radius 2 is 2.07 bits per heavy atom. The van der Waals surface area contributed by atoms with Crippen LogP contribution in [0.15, 0.2) is 41.7 Å². The molecule has 3 aliphatic rings. The molecule has 132 valence electrons. The monoisotopic (exact) mass is 358 g/mol. The number of para-hydroxylation sites is 1. The van der Waals surface area contributed by atoms with E-state index in [2.05, 4.69) is 6.58 Å². The molecule has 4 heterocycles. The van der Waals surface area contributed by atoms with E-state index < -0.39 is 11.6 Å². The van der Waals surface area contributed by atoms with Crippen molar-refractivity contribution in [2.24, 2.45) is 0 Å². The zero-order valence-electron chi connectivity index (χ0n) is 14.3. The normalized spacial score (nSPS) is 21.8. The molecule has 0 bridgehead atoms. The molecule has 0 saturated heterocycles. The van der Waals surface area contributed by atoms with Crippen LogP contribution in [0.5, 0.6) is 0 Å². The largest absolute Gasteiger partial charge is 0.458 e. The average Bonchev–Trinajstić information content (AvgIpc) is 3.15. The van der Waals surface area contributed by atoms with E-state index >= 15 is 0 Å². The third-order valence-corrected chi connectivity index (χ3v) is 5.84. The molecule has 2 aliphatic heterocycles. The molecule has 2 aromatic heterocycles. The number of rotatable bonds is 0. The minimum Gasteiger partial charge on any atom is -0.458 e. The Morgan fingerprint density at radius 1 is 1.26 bits per heavy atom. The van der Waals surface area contributed by atoms with Crippen molar-refractivity contribution in [3.8, 4) is 11.4 Å². The second-order valence-electron chi connectivity index (χ2n) is 7.37. The van der Waals surface area contributed by atoms with Crippen molar-refractivity contribution in [3.63, 3.8) is 0 Å². The summed E-state index contributed by atoms with van der Waals surface area (Å²) >= 11 is 0. The molecule has 6 rings (SSSR count). The highest BCUT2D eigenvalue weighted by Gasteiger charge is 2.53. The van der Waals surface area contributed by atoms with Crippen molar-refractivity contribution < 1.29 is 14.6 Å². The first kappa shape index (κ1) is 14.9. The molecule has 3 aromatic rings. The first-order valence-electron chi connectivity index (χ1n) is 8.76. The van der Waals surface area contributed by atoms with Crippen molar-refractivity contribution in [2.75, 3.05) is 0 Å². The molecule has 1 N–H and O–H groups in total. The quantitative estimate of drug-likeness (QED) is 0.487. The maximum absolute atomic E-state index is 13.2. The van der Waals surface area contributed by atoms with Crippen LogP contribution in [0, 0.1) is 0 Å². The van der Waals surface area contributed by atoms with Crippen molar-refractivity contribution in [1.82, 2.24) is 9.55 Å². The van der Waals surface area contributed by atoms with E-state index in [0.717, 1.165) is 16.5 Å². The number of cyclic esters (lactones) is 1. The molecule has 27 heavy (non-hydrogen) atoms. The van der Waals surface area contributed by atoms with Crippen LogP contribution in [0.4, 0.5) is 0 Å². The number of aliphatic hydroxyl groups is 1. The van der Waals surface area contributed by atoms with Gasteiger partial charge in [-0.15, -0.1) is 0 Å². The number of esters is 1. The van der Waals surface area contributed by atoms with Gasteiger partial charge in [-0.05, 0) is 17.7 Å². The number of hydrogen-bond donors (Lipinski definition) is 1. The average molecular weight is 358 g/mol. The molecule has 0 spiro atoms. The van der Waals surface area contributed by atoms with Crippen LogP contribution >= 0.6 is 0 Å². The smallest absolute Gasteiger partial charge is 0.343 e. The molecule has 0 saturated carbocycles. The number of fused-ring (bicyclic) bond motifs is 5. The van der Waals surface area contributed by atoms with Gasteiger partial charge in [0.2, 0.25) is 0 Å². The molecule has 0 radical (unpaired) electrons. The number of hydrogen-bond acceptors (Lipinski definition) is 5. The van der Waals surface area contributed by atoms with E-state index in [0.29, 0.717) is 40.2 Å². The van der Waals surface area contributed by atoms with Gasteiger partial charge >= 0.3 is 5.97 Å². The molecule has 6 heteroatoms. The molecule has 0 amide bonds. The van der Waals surface area contributed by atoms with Gasteiger partial charge in [-0.3, -0.25) is 4.79 Å². The van der Waals surface area contributed by atoms with Gasteiger partial charge in [0.25, 0.3) is 5.56 Å². The van der Waals surface area contributed by atoms with Crippen LogP contribution in [0.1, 0.15) is 28.7 Å². The Morgan fingerprint density at radius 3 is 2.93 bits per heavy atom. The number of pyridine rings is 2. The van der Waals surface area contributed by atoms with Crippen molar-refractivity contribution in [3.05, 3.63) is 69.5 Å². The molecule has 1 atom stereocenters. The third-order valence-electron chi connectivity index (χ3n) is 5.84. The summed E-state index contributed by atoms with van der Waals surface area (Å²) in [5.41, 5.74) is 3.07. The Labute approximate surface area is 153 Å². The topological polar surface area (TPSA) is 81.4 Å². The van der Waals surface area contributed by atoms with Crippen LogP contribution in [0.25, 0.3) is 27.9 Å². The number of nitrogens with zero attached hydrogens (tertiary/aromatic N) is 2. The summed E-state index contributed by atoms with van der Waals surface area (Å²) in [6, 6.07) is 9.83. The predicted octanol–water partition coefficient (Wildman–Crippen LogP) is 2.09. The van der Waals surface area contributed by atoms with E-state index in [1.807, 2.05) is 30.3 Å². The zero-order valence-corrected chi connectivity index (χ0v) is 14.3. The van der Waals surface area contributed by atoms with Crippen LogP contribution in [0.3, 0.4) is 0 Å². The fourth-order valence-corrected chi connectivity index (χ4v) is 4.68. The molecule has 1 aromatic carbocycles. The summed E-state index contributed by atoms with van der Waals surface area (Å²) in [6.45, 7) is 4.35. The van der Waals surface area contributed by atoms with Crippen molar-refractivity contribution in [1.29, 1.82) is 0 Å². The number of aromatic nitrogens is 2. The third kappa shape index (κ3) is 1.62. The minimum absolute atomic E-state index is 0.0353. The fourth-order valence-electron chi connectivity index (χ4n) is 4.68. The summed E-state index contributed by atoms with van der Waals surface area (Å²) in [4.78, 5) is 30.2. The van der Waals surface area contributed by atoms with Gasteiger partial charge in [-0.2, -0.15) is 0 Å². The van der Waals surface area contributed by atoms with E-state index in [-0.39, 0.29) is 18.6 Å². The lowest BCUT2D eigenvalue weighted by Crippen LogP contribution is -2.42. The van der Waals surface area contributed by atoms with E-state index in [1.54, 1.807) is 4.57 Å². The number of ether oxygens (including phenoxy) is 1. The molecular weight excluding hydrogens is 344 g/mol. The van der Waals surface area contributed by atoms with E-state index in [9.17, 15) is 14.7 Å². The fraction of sp³-hybridized carbons (Fsp3) is 0.190. The van der Waals surface area contributed by atoms with Crippen LogP contribution in [-0.4, -0.2) is 20.6 Å². The molecule has 1 aliphatic carbocycles. The van der Waals surface area contributed by atoms with E-state index in [4.69, 9.17) is 9.72 Å². The number of carbonyl (C=O) groups excluding carboxylic acids is 1. The lowest BCUT2D eigenvalue weighted by atomic mass is 9.90. The molecular formula is C21H14N2O4. The number of carbonyl (C=O) groups is 1. The minimum atomic E-state index is -1.83. The van der Waals surface area contributed by atoms with Gasteiger partial charge in [0.05, 0.1) is 29.0 Å². The van der Waals surface area contributed by atoms with Gasteiger partial charge in [-0.1, -0.05) is 24.8 Å². The summed E-state index contributed by atoms with van der Waals surface area (Å²) in [5, 5.41) is 12.0. The Hall–Kier alpha value is -3.25. The summed E-state index contributed by atoms with van der Waals surface area (Å²) in [5.74, 6) is -0.719. The second-order valence-corrected chi connectivity index (χ2v) is 7.37. The second kappa shape index (κ2) is 4.53. The van der Waals surface area contributed by atoms with Crippen LogP contribution in [-0.2, 0) is 28.3 Å². The van der Waals surface area contributed by atoms with Gasteiger partial charge in [0.15, 0.2) is 5.60 Å². The highest BCUT2D eigenvalue weighted by Crippen LogP contribution is 2.51. The highest BCUT2D eigenvalue weighted by atomic mass is 16.6. The number of benzene rings is 1. The van der Waals surface area contributed by atoms with Crippen molar-refractivity contribution >= 4 is 22.4 Å². The van der Waals surface area contributed by atoms with E-state index in [1.165, 1.54) is 0 Å². The van der Waals surface area contributed by atoms with Crippen LogP contribution < -0.4 is 5.56 Å². The van der Waals surface area contributed by atoms with Gasteiger partial charge < -0.3 is 14.4 Å². The lowest BCUT2D eigenvalue weighted by Gasteiger charge is -2.28. The summed E-state index contributed by atoms with van der Waals surface area (Å²) in [6.07, 6.45) is 0.0353. The highest BCUT2D eigenvalue weighted by molar-refractivity contribution is 5.97. The zero-order chi connectivity index (χ0) is 18.5. The van der Waals surface area contributed by atoms with Crippen molar-refractivity contribution in [2.45, 2.75) is 25.2 Å². The van der Waals surface area contributed by atoms with Gasteiger partial charge in [-0.25, -0.2) is 9.78 Å². The predicted molar refractivity (Wildman–Crippen MR) is 97.9 cm³/mol. The first-order valence-corrected chi connectivity index (χ1v) is 8.76. The SMILES string of the molecule is C=C1C[C@@]2(O)C(=O)OCc3c2c1c1n(c3=O)Cc2cc3ccccc3nc2-1. The molecule has 6 nitrogen and oxygen atoms in total. The summed E-state index contributed by atoms with van der Waals surface area (Å²) < 4.78 is 6.78. The Kier molecular flexibility index (Phi) is 2.49. The molecule has 0 fully saturated rings. The van der Waals surface area contributed by atoms with Crippen LogP contribution in [0.2, 0.25) is 0 Å². The molecule has 0 unspecified atom stereocenters. The lowest BCUT2D eigenvalue weighted by molar-refractivity contribution is -0.170. The Bertz CT molecular complexity index is 1300. The maximum Gasteiger partial charge on any atom is 0.343 e. The summed E-state index contributed by atoms with van der Waals surface area (Å²) in [7, 11) is 0. The maximum atomic E-state index is 13.2. The first-order chi connectivity index (χ1) is 13.0. The standard InChI is InChI=1S/C21H14N2O4/c1-10-7-21(26)16-13(9-27-20(21)25)19(24)23-8-12-6-11-4-2-3-5-14(11)22-17(12)18(23)15(10)16/h2-6,26H,1,7-9H2/t21-/m0/s1. The van der Waals surface area contributed by atoms with Gasteiger partial charge in [0.1, 0.15) is 6.61 Å². The van der Waals surface area contributed by atoms with Gasteiger partial charge in [0, 0.05) is 28.5 Å². The Balaban J connectivity index is 1.77.